The van der Waals surface area contributed by atoms with Crippen molar-refractivity contribution in [1.82, 2.24) is 4.98 Å². The Hall–Kier alpha value is -2.30. The van der Waals surface area contributed by atoms with Gasteiger partial charge in [0.1, 0.15) is 17.3 Å². The summed E-state index contributed by atoms with van der Waals surface area (Å²) in [6.07, 6.45) is 1.21. The molecule has 3 nitrogen and oxygen atoms in total. The second-order valence-corrected chi connectivity index (χ2v) is 4.57. The van der Waals surface area contributed by atoms with Crippen molar-refractivity contribution in [1.29, 1.82) is 0 Å². The number of rotatable bonds is 6. The Kier molecular flexibility index (Phi) is 4.98. The Balaban J connectivity index is 2.02. The number of anilines is 1. The van der Waals surface area contributed by atoms with Crippen molar-refractivity contribution >= 4 is 11.5 Å². The number of pyridine rings is 1. The molecule has 0 unspecified atom stereocenters. The first-order valence-corrected chi connectivity index (χ1v) is 6.76. The van der Waals surface area contributed by atoms with Gasteiger partial charge in [0.25, 0.3) is 0 Å². The van der Waals surface area contributed by atoms with E-state index in [-0.39, 0.29) is 23.7 Å². The van der Waals surface area contributed by atoms with E-state index in [1.54, 1.807) is 23.1 Å². The van der Waals surface area contributed by atoms with Gasteiger partial charge in [0.15, 0.2) is 5.78 Å². The molecule has 21 heavy (non-hydrogen) atoms. The molecule has 2 rings (SSSR count). The predicted octanol–water partition coefficient (Wildman–Crippen LogP) is 3.46. The molecule has 0 bridgehead atoms. The standard InChI is InChI=1S/C16H16F2N2O/c1-2-20(15-6-4-3-5-13(15)18)10-9-16(21)14-8-7-12(17)11-19-14/h3-8,11H,2,9-10H2,1H3. The number of Topliss-reactive ketones (excluding diaryl/α,β-unsaturated/α-hetero) is 1. The average Bonchev–Trinajstić information content (AvgIpc) is 2.50. The van der Waals surface area contributed by atoms with Gasteiger partial charge >= 0.3 is 0 Å². The summed E-state index contributed by atoms with van der Waals surface area (Å²) in [4.78, 5) is 17.5. The fourth-order valence-electron chi connectivity index (χ4n) is 2.06. The number of para-hydroxylation sites is 1. The van der Waals surface area contributed by atoms with E-state index in [4.69, 9.17) is 0 Å². The van der Waals surface area contributed by atoms with Crippen LogP contribution >= 0.6 is 0 Å². The lowest BCUT2D eigenvalue weighted by Gasteiger charge is -2.23. The van der Waals surface area contributed by atoms with Crippen molar-refractivity contribution in [3.05, 3.63) is 59.9 Å². The zero-order valence-electron chi connectivity index (χ0n) is 11.7. The van der Waals surface area contributed by atoms with Crippen LogP contribution in [0, 0.1) is 11.6 Å². The lowest BCUT2D eigenvalue weighted by Crippen LogP contribution is -2.26. The van der Waals surface area contributed by atoms with E-state index in [0.717, 1.165) is 6.20 Å². The lowest BCUT2D eigenvalue weighted by atomic mass is 10.1. The van der Waals surface area contributed by atoms with Crippen molar-refractivity contribution in [3.8, 4) is 0 Å². The third-order valence-electron chi connectivity index (χ3n) is 3.20. The molecule has 0 N–H and O–H groups in total. The topological polar surface area (TPSA) is 33.2 Å². The normalized spacial score (nSPS) is 10.4. The second-order valence-electron chi connectivity index (χ2n) is 4.57. The van der Waals surface area contributed by atoms with Gasteiger partial charge in [0.2, 0.25) is 0 Å². The van der Waals surface area contributed by atoms with E-state index in [9.17, 15) is 13.6 Å². The highest BCUT2D eigenvalue weighted by atomic mass is 19.1. The number of carbonyl (C=O) groups is 1. The van der Waals surface area contributed by atoms with Crippen LogP contribution in [-0.4, -0.2) is 23.9 Å². The summed E-state index contributed by atoms with van der Waals surface area (Å²) in [5.74, 6) is -0.982. The van der Waals surface area contributed by atoms with Crippen LogP contribution in [0.3, 0.4) is 0 Å². The molecule has 0 radical (unpaired) electrons. The number of benzene rings is 1. The third-order valence-corrected chi connectivity index (χ3v) is 3.20. The first-order valence-electron chi connectivity index (χ1n) is 6.76. The molecular formula is C16H16F2N2O. The average molecular weight is 290 g/mol. The van der Waals surface area contributed by atoms with E-state index in [0.29, 0.717) is 18.8 Å². The van der Waals surface area contributed by atoms with Crippen LogP contribution < -0.4 is 4.90 Å². The van der Waals surface area contributed by atoms with Crippen LogP contribution in [0.15, 0.2) is 42.6 Å². The first kappa shape index (κ1) is 15.1. The summed E-state index contributed by atoms with van der Waals surface area (Å²) < 4.78 is 26.5. The number of hydrogen-bond acceptors (Lipinski definition) is 3. The number of nitrogens with zero attached hydrogens (tertiary/aromatic N) is 2. The number of halogens is 2. The molecule has 0 aliphatic carbocycles. The molecule has 2 aromatic rings. The van der Waals surface area contributed by atoms with Crippen LogP contribution in [0.5, 0.6) is 0 Å². The van der Waals surface area contributed by atoms with Gasteiger partial charge in [-0.2, -0.15) is 0 Å². The maximum absolute atomic E-state index is 13.7. The number of carbonyl (C=O) groups excluding carboxylic acids is 1. The van der Waals surface area contributed by atoms with Crippen molar-refractivity contribution in [3.63, 3.8) is 0 Å². The van der Waals surface area contributed by atoms with Crippen molar-refractivity contribution < 1.29 is 13.6 Å². The van der Waals surface area contributed by atoms with E-state index in [1.165, 1.54) is 18.2 Å². The summed E-state index contributed by atoms with van der Waals surface area (Å²) in [6.45, 7) is 2.87. The van der Waals surface area contributed by atoms with E-state index in [1.807, 2.05) is 6.92 Å². The number of aromatic nitrogens is 1. The molecule has 0 fully saturated rings. The minimum absolute atomic E-state index is 0.190. The monoisotopic (exact) mass is 290 g/mol. The van der Waals surface area contributed by atoms with Crippen molar-refractivity contribution in [2.75, 3.05) is 18.0 Å². The minimum atomic E-state index is -0.479. The molecule has 0 spiro atoms. The molecule has 0 aliphatic heterocycles. The molecule has 5 heteroatoms. The van der Waals surface area contributed by atoms with Crippen LogP contribution in [-0.2, 0) is 0 Å². The van der Waals surface area contributed by atoms with Gasteiger partial charge in [-0.25, -0.2) is 8.78 Å². The van der Waals surface area contributed by atoms with Gasteiger partial charge < -0.3 is 4.90 Å². The molecule has 1 aromatic heterocycles. The molecule has 0 saturated heterocycles. The largest absolute Gasteiger partial charge is 0.369 e. The molecule has 0 saturated carbocycles. The van der Waals surface area contributed by atoms with Crippen molar-refractivity contribution in [2.45, 2.75) is 13.3 Å². The molecular weight excluding hydrogens is 274 g/mol. The maximum atomic E-state index is 13.7. The molecule has 1 heterocycles. The van der Waals surface area contributed by atoms with Crippen LogP contribution in [0.25, 0.3) is 0 Å². The summed E-state index contributed by atoms with van der Waals surface area (Å²) in [5, 5.41) is 0. The highest BCUT2D eigenvalue weighted by Crippen LogP contribution is 2.18. The Bertz CT molecular complexity index is 614. The fraction of sp³-hybridized carbons (Fsp3) is 0.250. The van der Waals surface area contributed by atoms with Crippen LogP contribution in [0.2, 0.25) is 0 Å². The summed E-state index contributed by atoms with van der Waals surface area (Å²) in [6, 6.07) is 9.01. The second kappa shape index (κ2) is 6.92. The van der Waals surface area contributed by atoms with Gasteiger partial charge in [0, 0.05) is 19.5 Å². The Morgan fingerprint density at radius 3 is 2.57 bits per heavy atom. The molecule has 0 amide bonds. The summed E-state index contributed by atoms with van der Waals surface area (Å²) in [7, 11) is 0. The Morgan fingerprint density at radius 1 is 1.19 bits per heavy atom. The quantitative estimate of drug-likeness (QED) is 0.764. The zero-order valence-corrected chi connectivity index (χ0v) is 11.7. The number of ketones is 1. The van der Waals surface area contributed by atoms with Gasteiger partial charge in [-0.3, -0.25) is 9.78 Å². The SMILES string of the molecule is CCN(CCC(=O)c1ccc(F)cn1)c1ccccc1F. The van der Waals surface area contributed by atoms with Gasteiger partial charge in [-0.1, -0.05) is 12.1 Å². The van der Waals surface area contributed by atoms with Crippen LogP contribution in [0.4, 0.5) is 14.5 Å². The van der Waals surface area contributed by atoms with Gasteiger partial charge in [0.05, 0.1) is 11.9 Å². The van der Waals surface area contributed by atoms with E-state index >= 15 is 0 Å². The van der Waals surface area contributed by atoms with E-state index in [2.05, 4.69) is 4.98 Å². The molecule has 0 atom stereocenters. The Morgan fingerprint density at radius 2 is 1.95 bits per heavy atom. The molecule has 110 valence electrons. The van der Waals surface area contributed by atoms with Gasteiger partial charge in [-0.05, 0) is 31.2 Å². The predicted molar refractivity (Wildman–Crippen MR) is 77.4 cm³/mol. The highest BCUT2D eigenvalue weighted by molar-refractivity contribution is 5.94. The van der Waals surface area contributed by atoms with Crippen molar-refractivity contribution in [2.24, 2.45) is 0 Å². The number of hydrogen-bond donors (Lipinski definition) is 0. The fourth-order valence-corrected chi connectivity index (χ4v) is 2.06. The molecule has 0 aliphatic rings. The van der Waals surface area contributed by atoms with Crippen LogP contribution in [0.1, 0.15) is 23.8 Å². The lowest BCUT2D eigenvalue weighted by molar-refractivity contribution is 0.0979. The van der Waals surface area contributed by atoms with E-state index < -0.39 is 5.82 Å². The summed E-state index contributed by atoms with van der Waals surface area (Å²) >= 11 is 0. The maximum Gasteiger partial charge on any atom is 0.182 e. The summed E-state index contributed by atoms with van der Waals surface area (Å²) in [5.41, 5.74) is 0.695. The highest BCUT2D eigenvalue weighted by Gasteiger charge is 2.13. The minimum Gasteiger partial charge on any atom is -0.369 e. The third kappa shape index (κ3) is 3.84. The first-order chi connectivity index (χ1) is 10.1. The Labute approximate surface area is 122 Å². The zero-order chi connectivity index (χ0) is 15.2. The van der Waals surface area contributed by atoms with Gasteiger partial charge in [-0.15, -0.1) is 0 Å². The smallest absolute Gasteiger partial charge is 0.182 e. The molecule has 1 aromatic carbocycles.